The lowest BCUT2D eigenvalue weighted by Gasteiger charge is -2.36. The molecule has 1 N–H and O–H groups in total. The van der Waals surface area contributed by atoms with Crippen molar-refractivity contribution >= 4 is 0 Å². The van der Waals surface area contributed by atoms with Crippen LogP contribution < -0.4 is 10.1 Å². The lowest BCUT2D eigenvalue weighted by molar-refractivity contribution is 0.320. The minimum Gasteiger partial charge on any atom is -0.497 e. The highest BCUT2D eigenvalue weighted by atomic mass is 16.5. The van der Waals surface area contributed by atoms with Gasteiger partial charge < -0.3 is 10.1 Å². The fourth-order valence-electron chi connectivity index (χ4n) is 3.67. The zero-order valence-corrected chi connectivity index (χ0v) is 12.5. The van der Waals surface area contributed by atoms with Crippen LogP contribution >= 0.6 is 0 Å². The summed E-state index contributed by atoms with van der Waals surface area (Å²) < 4.78 is 5.41. The Morgan fingerprint density at radius 2 is 2.16 bits per heavy atom. The second-order valence-electron chi connectivity index (χ2n) is 5.68. The first-order valence-corrected chi connectivity index (χ1v) is 7.64. The molecule has 0 radical (unpaired) electrons. The van der Waals surface area contributed by atoms with Gasteiger partial charge in [-0.15, -0.1) is 0 Å². The van der Waals surface area contributed by atoms with Crippen molar-refractivity contribution in [3.05, 3.63) is 29.8 Å². The van der Waals surface area contributed by atoms with Crippen LogP contribution in [0.3, 0.4) is 0 Å². The van der Waals surface area contributed by atoms with Crippen molar-refractivity contribution in [3.8, 4) is 5.75 Å². The summed E-state index contributed by atoms with van der Waals surface area (Å²) in [4.78, 5) is 0. The molecule has 1 aromatic carbocycles. The van der Waals surface area contributed by atoms with Crippen molar-refractivity contribution in [2.75, 3.05) is 13.7 Å². The van der Waals surface area contributed by atoms with Crippen molar-refractivity contribution in [1.29, 1.82) is 0 Å². The Bertz CT molecular complexity index is 404. The van der Waals surface area contributed by atoms with Crippen molar-refractivity contribution in [2.24, 2.45) is 0 Å². The number of hydrogen-bond donors (Lipinski definition) is 1. The average Bonchev–Trinajstić information content (AvgIpc) is 2.84. The molecule has 1 aromatic rings. The molecule has 1 aliphatic rings. The summed E-state index contributed by atoms with van der Waals surface area (Å²) in [5.41, 5.74) is 1.76. The highest BCUT2D eigenvalue weighted by molar-refractivity contribution is 5.36. The van der Waals surface area contributed by atoms with Gasteiger partial charge in [-0.25, -0.2) is 0 Å². The van der Waals surface area contributed by atoms with E-state index >= 15 is 0 Å². The molecule has 0 spiro atoms. The predicted octanol–water partition coefficient (Wildman–Crippen LogP) is 3.90. The number of nitrogens with one attached hydrogen (secondary N) is 1. The molecule has 1 aliphatic heterocycles. The molecule has 1 heterocycles. The maximum absolute atomic E-state index is 5.41. The van der Waals surface area contributed by atoms with Crippen molar-refractivity contribution in [3.63, 3.8) is 0 Å². The van der Waals surface area contributed by atoms with E-state index in [1.165, 1.54) is 37.7 Å². The molecule has 19 heavy (non-hydrogen) atoms. The quantitative estimate of drug-likeness (QED) is 0.838. The van der Waals surface area contributed by atoms with E-state index in [2.05, 4.69) is 37.4 Å². The van der Waals surface area contributed by atoms with Gasteiger partial charge >= 0.3 is 0 Å². The molecule has 0 saturated carbocycles. The molecule has 0 unspecified atom stereocenters. The van der Waals surface area contributed by atoms with Crippen LogP contribution in [0.15, 0.2) is 24.3 Å². The summed E-state index contributed by atoms with van der Waals surface area (Å²) in [5.74, 6) is 0.982. The molecule has 0 aliphatic carbocycles. The second-order valence-corrected chi connectivity index (χ2v) is 5.68. The molecular formula is C17H27NO. The molecule has 2 heteroatoms. The van der Waals surface area contributed by atoms with E-state index in [0.29, 0.717) is 11.5 Å². The van der Waals surface area contributed by atoms with Crippen LogP contribution in [0.25, 0.3) is 0 Å². The Hall–Kier alpha value is -1.02. The first-order chi connectivity index (χ1) is 9.26. The minimum absolute atomic E-state index is 0.305. The van der Waals surface area contributed by atoms with Crippen molar-refractivity contribution in [2.45, 2.75) is 57.4 Å². The molecule has 2 rings (SSSR count). The van der Waals surface area contributed by atoms with Gasteiger partial charge in [0, 0.05) is 11.5 Å². The molecule has 106 valence electrons. The third-order valence-corrected chi connectivity index (χ3v) is 4.55. The molecule has 0 bridgehead atoms. The highest BCUT2D eigenvalue weighted by Gasteiger charge is 2.42. The van der Waals surface area contributed by atoms with Crippen molar-refractivity contribution < 1.29 is 4.74 Å². The lowest BCUT2D eigenvalue weighted by atomic mass is 9.70. The number of ether oxygens (including phenoxy) is 1. The van der Waals surface area contributed by atoms with E-state index < -0.39 is 0 Å². The summed E-state index contributed by atoms with van der Waals surface area (Å²) >= 11 is 0. The van der Waals surface area contributed by atoms with Gasteiger partial charge in [-0.2, -0.15) is 0 Å². The first kappa shape index (κ1) is 14.4. The van der Waals surface area contributed by atoms with Crippen LogP contribution in [0, 0.1) is 0 Å². The smallest absolute Gasteiger partial charge is 0.119 e. The van der Waals surface area contributed by atoms with Gasteiger partial charge in [-0.1, -0.05) is 38.8 Å². The van der Waals surface area contributed by atoms with E-state index in [4.69, 9.17) is 4.74 Å². The highest BCUT2D eigenvalue weighted by Crippen LogP contribution is 2.42. The first-order valence-electron chi connectivity index (χ1n) is 7.64. The van der Waals surface area contributed by atoms with Gasteiger partial charge in [0.25, 0.3) is 0 Å². The zero-order valence-electron chi connectivity index (χ0n) is 12.5. The maximum atomic E-state index is 5.41. The Balaban J connectivity index is 2.36. The predicted molar refractivity (Wildman–Crippen MR) is 80.9 cm³/mol. The normalized spacial score (nSPS) is 26.6. The van der Waals surface area contributed by atoms with Gasteiger partial charge in [0.2, 0.25) is 0 Å². The molecular weight excluding hydrogens is 234 g/mol. The molecule has 0 aromatic heterocycles. The van der Waals surface area contributed by atoms with E-state index in [1.54, 1.807) is 7.11 Å². The van der Waals surface area contributed by atoms with Crippen molar-refractivity contribution in [1.82, 2.24) is 5.32 Å². The molecule has 2 nitrogen and oxygen atoms in total. The van der Waals surface area contributed by atoms with Gasteiger partial charge in [-0.05, 0) is 43.5 Å². The summed E-state index contributed by atoms with van der Waals surface area (Å²) in [7, 11) is 1.75. The molecule has 1 fully saturated rings. The Kier molecular flexibility index (Phi) is 4.87. The maximum Gasteiger partial charge on any atom is 0.119 e. The second kappa shape index (κ2) is 6.42. The summed E-state index contributed by atoms with van der Waals surface area (Å²) in [5, 5.41) is 3.73. The third-order valence-electron chi connectivity index (χ3n) is 4.55. The number of methoxy groups -OCH3 is 1. The van der Waals surface area contributed by atoms with Crippen LogP contribution in [0.2, 0.25) is 0 Å². The molecule has 2 atom stereocenters. The number of benzene rings is 1. The van der Waals surface area contributed by atoms with Crippen LogP contribution in [0.1, 0.15) is 51.5 Å². The Morgan fingerprint density at radius 3 is 2.84 bits per heavy atom. The largest absolute Gasteiger partial charge is 0.497 e. The fourth-order valence-corrected chi connectivity index (χ4v) is 3.67. The summed E-state index contributed by atoms with van der Waals surface area (Å²) in [6.07, 6.45) is 6.25. The molecule has 1 saturated heterocycles. The zero-order chi connectivity index (χ0) is 13.7. The number of rotatable bonds is 6. The van der Waals surface area contributed by atoms with E-state index in [1.807, 2.05) is 6.07 Å². The Labute approximate surface area is 117 Å². The van der Waals surface area contributed by atoms with Gasteiger partial charge in [-0.3, -0.25) is 0 Å². The SMILES string of the molecule is CCC[C@H]1NCC[C@]1(CCC)c1cccc(OC)c1. The Morgan fingerprint density at radius 1 is 1.32 bits per heavy atom. The van der Waals surface area contributed by atoms with Crippen LogP contribution in [-0.4, -0.2) is 19.7 Å². The van der Waals surface area contributed by atoms with E-state index in [0.717, 1.165) is 12.3 Å². The standard InChI is InChI=1S/C17H27NO/c1-4-7-16-17(10-5-2,11-12-18-16)14-8-6-9-15(13-14)19-3/h6,8-9,13,16,18H,4-5,7,10-12H2,1-3H3/t16-,17-/m1/s1. The number of hydrogen-bond acceptors (Lipinski definition) is 2. The van der Waals surface area contributed by atoms with Crippen LogP contribution in [-0.2, 0) is 5.41 Å². The summed E-state index contributed by atoms with van der Waals surface area (Å²) in [6.45, 7) is 5.72. The summed E-state index contributed by atoms with van der Waals surface area (Å²) in [6, 6.07) is 9.32. The molecule has 0 amide bonds. The minimum atomic E-state index is 0.305. The van der Waals surface area contributed by atoms with Gasteiger partial charge in [0.05, 0.1) is 7.11 Å². The third kappa shape index (κ3) is 2.79. The van der Waals surface area contributed by atoms with Gasteiger partial charge in [0.15, 0.2) is 0 Å². The van der Waals surface area contributed by atoms with E-state index in [-0.39, 0.29) is 0 Å². The van der Waals surface area contributed by atoms with E-state index in [9.17, 15) is 0 Å². The van der Waals surface area contributed by atoms with Crippen LogP contribution in [0.5, 0.6) is 5.75 Å². The average molecular weight is 261 g/mol. The van der Waals surface area contributed by atoms with Gasteiger partial charge in [0.1, 0.15) is 5.75 Å². The fraction of sp³-hybridized carbons (Fsp3) is 0.647. The van der Waals surface area contributed by atoms with Crippen LogP contribution in [0.4, 0.5) is 0 Å². The topological polar surface area (TPSA) is 21.3 Å². The monoisotopic (exact) mass is 261 g/mol. The lowest BCUT2D eigenvalue weighted by Crippen LogP contribution is -2.40.